The number of nitrogens with zero attached hydrogens (tertiary/aromatic N) is 1. The van der Waals surface area contributed by atoms with Crippen LogP contribution in [0.4, 0.5) is 10.1 Å². The minimum Gasteiger partial charge on any atom is -0.314 e. The van der Waals surface area contributed by atoms with Crippen LogP contribution < -0.4 is 10.2 Å². The summed E-state index contributed by atoms with van der Waals surface area (Å²) in [6.45, 7) is 0.882. The summed E-state index contributed by atoms with van der Waals surface area (Å²) in [5.41, 5.74) is 0.596. The van der Waals surface area contributed by atoms with Crippen LogP contribution in [-0.4, -0.2) is 25.5 Å². The number of nitrogens with one attached hydrogen (secondary N) is 1. The van der Waals surface area contributed by atoms with E-state index in [4.69, 9.17) is 0 Å². The second kappa shape index (κ2) is 4.61. The number of hydrogen-bond donors (Lipinski definition) is 1. The van der Waals surface area contributed by atoms with Crippen molar-refractivity contribution in [1.29, 1.82) is 0 Å². The number of amides is 1. The number of carbonyl (C=O) groups is 1. The second-order valence-corrected chi connectivity index (χ2v) is 4.03. The number of benzene rings is 1. The van der Waals surface area contributed by atoms with Gasteiger partial charge in [-0.15, -0.1) is 0 Å². The minimum absolute atomic E-state index is 0.00287. The lowest BCUT2D eigenvalue weighted by atomic mass is 10.2. The highest BCUT2D eigenvalue weighted by atomic mass is 19.1. The molecule has 1 N–H and O–H groups in total. The molecule has 1 aromatic rings. The molecule has 0 radical (unpaired) electrons. The summed E-state index contributed by atoms with van der Waals surface area (Å²) >= 11 is 0. The highest BCUT2D eigenvalue weighted by molar-refractivity contribution is 5.96. The second-order valence-electron chi connectivity index (χ2n) is 4.03. The number of halogens is 1. The van der Waals surface area contributed by atoms with Gasteiger partial charge in [0.05, 0.1) is 6.04 Å². The summed E-state index contributed by atoms with van der Waals surface area (Å²) < 4.78 is 13.0. The molecule has 16 heavy (non-hydrogen) atoms. The lowest BCUT2D eigenvalue weighted by Crippen LogP contribution is -2.41. The number of carbonyl (C=O) groups excluding carboxylic acids is 1. The van der Waals surface area contributed by atoms with Gasteiger partial charge in [0.25, 0.3) is 0 Å². The Morgan fingerprint density at radius 2 is 2.38 bits per heavy atom. The fourth-order valence-corrected chi connectivity index (χ4v) is 1.94. The van der Waals surface area contributed by atoms with Crippen LogP contribution in [0.25, 0.3) is 0 Å². The number of anilines is 1. The average Bonchev–Trinajstić information content (AvgIpc) is 2.80. The Hall–Kier alpha value is -1.42. The Labute approximate surface area is 94.3 Å². The van der Waals surface area contributed by atoms with Crippen molar-refractivity contribution in [3.63, 3.8) is 0 Å². The van der Waals surface area contributed by atoms with Crippen LogP contribution in [0.15, 0.2) is 24.3 Å². The van der Waals surface area contributed by atoms with E-state index in [-0.39, 0.29) is 17.8 Å². The van der Waals surface area contributed by atoms with Gasteiger partial charge in [-0.1, -0.05) is 6.07 Å². The van der Waals surface area contributed by atoms with E-state index in [1.54, 1.807) is 19.2 Å². The van der Waals surface area contributed by atoms with Crippen LogP contribution in [0.3, 0.4) is 0 Å². The first-order valence-electron chi connectivity index (χ1n) is 5.45. The molecule has 1 heterocycles. The molecule has 4 heteroatoms. The third kappa shape index (κ3) is 2.22. The SMILES string of the molecule is CN(C(=O)[C@@H]1CCCN1)c1cccc(F)c1. The number of hydrogen-bond acceptors (Lipinski definition) is 2. The predicted molar refractivity (Wildman–Crippen MR) is 60.8 cm³/mol. The molecule has 2 rings (SSSR count). The van der Waals surface area contributed by atoms with Crippen molar-refractivity contribution >= 4 is 11.6 Å². The molecule has 0 bridgehead atoms. The molecule has 0 spiro atoms. The fourth-order valence-electron chi connectivity index (χ4n) is 1.94. The van der Waals surface area contributed by atoms with E-state index in [0.29, 0.717) is 5.69 Å². The molecule has 86 valence electrons. The summed E-state index contributed by atoms with van der Waals surface area (Å²) in [6.07, 6.45) is 1.88. The van der Waals surface area contributed by atoms with E-state index >= 15 is 0 Å². The highest BCUT2D eigenvalue weighted by Crippen LogP contribution is 2.17. The summed E-state index contributed by atoms with van der Waals surface area (Å²) in [7, 11) is 1.68. The van der Waals surface area contributed by atoms with Crippen LogP contribution in [0, 0.1) is 5.82 Å². The molecule has 0 aromatic heterocycles. The van der Waals surface area contributed by atoms with E-state index in [2.05, 4.69) is 5.32 Å². The normalized spacial score (nSPS) is 19.8. The van der Waals surface area contributed by atoms with Crippen LogP contribution in [0.2, 0.25) is 0 Å². The molecule has 3 nitrogen and oxygen atoms in total. The van der Waals surface area contributed by atoms with E-state index in [1.807, 2.05) is 0 Å². The highest BCUT2D eigenvalue weighted by Gasteiger charge is 2.25. The van der Waals surface area contributed by atoms with Gasteiger partial charge in [-0.2, -0.15) is 0 Å². The van der Waals surface area contributed by atoms with Gasteiger partial charge in [-0.25, -0.2) is 4.39 Å². The van der Waals surface area contributed by atoms with Gasteiger partial charge in [0, 0.05) is 12.7 Å². The van der Waals surface area contributed by atoms with Gasteiger partial charge < -0.3 is 10.2 Å². The van der Waals surface area contributed by atoms with Gasteiger partial charge >= 0.3 is 0 Å². The van der Waals surface area contributed by atoms with Gasteiger partial charge in [0.2, 0.25) is 5.91 Å². The monoisotopic (exact) mass is 222 g/mol. The van der Waals surface area contributed by atoms with Gasteiger partial charge in [-0.05, 0) is 37.6 Å². The van der Waals surface area contributed by atoms with Gasteiger partial charge in [0.15, 0.2) is 0 Å². The zero-order valence-corrected chi connectivity index (χ0v) is 9.24. The van der Waals surface area contributed by atoms with E-state index in [9.17, 15) is 9.18 Å². The fraction of sp³-hybridized carbons (Fsp3) is 0.417. The Balaban J connectivity index is 2.11. The van der Waals surface area contributed by atoms with Gasteiger partial charge in [0.1, 0.15) is 5.82 Å². The van der Waals surface area contributed by atoms with Crippen molar-refractivity contribution in [3.8, 4) is 0 Å². The van der Waals surface area contributed by atoms with Crippen LogP contribution >= 0.6 is 0 Å². The summed E-state index contributed by atoms with van der Waals surface area (Å²) in [5, 5.41) is 3.14. The Bertz CT molecular complexity index is 388. The predicted octanol–water partition coefficient (Wildman–Crippen LogP) is 1.54. The van der Waals surface area contributed by atoms with Crippen molar-refractivity contribution in [2.75, 3.05) is 18.5 Å². The maximum absolute atomic E-state index is 13.0. The average molecular weight is 222 g/mol. The van der Waals surface area contributed by atoms with E-state index < -0.39 is 0 Å². The molecule has 1 aliphatic heterocycles. The molecule has 1 amide bonds. The largest absolute Gasteiger partial charge is 0.314 e. The van der Waals surface area contributed by atoms with Gasteiger partial charge in [-0.3, -0.25) is 4.79 Å². The maximum atomic E-state index is 13.0. The first-order chi connectivity index (χ1) is 7.68. The van der Waals surface area contributed by atoms with E-state index in [0.717, 1.165) is 19.4 Å². The molecular weight excluding hydrogens is 207 g/mol. The first kappa shape index (κ1) is 11.1. The van der Waals surface area contributed by atoms with Crippen LogP contribution in [-0.2, 0) is 4.79 Å². The molecule has 1 aliphatic rings. The van der Waals surface area contributed by atoms with Crippen LogP contribution in [0.1, 0.15) is 12.8 Å². The minimum atomic E-state index is -0.323. The maximum Gasteiger partial charge on any atom is 0.243 e. The zero-order chi connectivity index (χ0) is 11.5. The lowest BCUT2D eigenvalue weighted by molar-refractivity contribution is -0.119. The summed E-state index contributed by atoms with van der Waals surface area (Å²) in [6, 6.07) is 5.96. The van der Waals surface area contributed by atoms with Crippen LogP contribution in [0.5, 0.6) is 0 Å². The Morgan fingerprint density at radius 1 is 1.56 bits per heavy atom. The molecule has 1 fully saturated rings. The van der Waals surface area contributed by atoms with Crippen molar-refractivity contribution < 1.29 is 9.18 Å². The Kier molecular flexibility index (Phi) is 3.19. The van der Waals surface area contributed by atoms with Crippen molar-refractivity contribution in [2.24, 2.45) is 0 Å². The molecule has 1 atom stereocenters. The summed E-state index contributed by atoms with van der Waals surface area (Å²) in [4.78, 5) is 13.5. The van der Waals surface area contributed by atoms with Crippen molar-refractivity contribution in [2.45, 2.75) is 18.9 Å². The zero-order valence-electron chi connectivity index (χ0n) is 9.24. The third-order valence-electron chi connectivity index (χ3n) is 2.88. The Morgan fingerprint density at radius 3 is 3.00 bits per heavy atom. The van der Waals surface area contributed by atoms with Crippen molar-refractivity contribution in [1.82, 2.24) is 5.32 Å². The molecule has 0 unspecified atom stereocenters. The smallest absolute Gasteiger partial charge is 0.243 e. The quantitative estimate of drug-likeness (QED) is 0.823. The standard InChI is InChI=1S/C12H15FN2O/c1-15(10-5-2-4-9(13)8-10)12(16)11-6-3-7-14-11/h2,4-5,8,11,14H,3,6-7H2,1H3/t11-/m0/s1. The molecule has 0 saturated carbocycles. The third-order valence-corrected chi connectivity index (χ3v) is 2.88. The topological polar surface area (TPSA) is 32.3 Å². The van der Waals surface area contributed by atoms with Crippen molar-refractivity contribution in [3.05, 3.63) is 30.1 Å². The van der Waals surface area contributed by atoms with E-state index in [1.165, 1.54) is 17.0 Å². The molecular formula is C12H15FN2O. The molecule has 0 aliphatic carbocycles. The summed E-state index contributed by atoms with van der Waals surface area (Å²) in [5.74, 6) is -0.320. The first-order valence-corrected chi connectivity index (χ1v) is 5.45. The molecule has 1 aromatic carbocycles. The lowest BCUT2D eigenvalue weighted by Gasteiger charge is -2.21. The number of rotatable bonds is 2. The number of likely N-dealkylation sites (N-methyl/N-ethyl adjacent to an activating group) is 1. The molecule has 1 saturated heterocycles.